The monoisotopic (exact) mass is 334 g/mol. The van der Waals surface area contributed by atoms with Crippen LogP contribution in [0.4, 0.5) is 0 Å². The van der Waals surface area contributed by atoms with Crippen LogP contribution < -0.4 is 5.32 Å². The van der Waals surface area contributed by atoms with E-state index in [2.05, 4.69) is 10.3 Å². The Morgan fingerprint density at radius 2 is 1.76 bits per heavy atom. The first-order valence-corrected chi connectivity index (χ1v) is 7.97. The molecular formula is C20H18N2O3. The van der Waals surface area contributed by atoms with Crippen molar-refractivity contribution < 1.29 is 14.3 Å². The van der Waals surface area contributed by atoms with Crippen LogP contribution in [0.15, 0.2) is 60.7 Å². The molecule has 0 fully saturated rings. The number of para-hydroxylation sites is 1. The number of nitrogens with zero attached hydrogens (tertiary/aromatic N) is 1. The Morgan fingerprint density at radius 3 is 2.60 bits per heavy atom. The van der Waals surface area contributed by atoms with E-state index in [0.717, 1.165) is 16.5 Å². The lowest BCUT2D eigenvalue weighted by atomic mass is 10.1. The van der Waals surface area contributed by atoms with Gasteiger partial charge in [-0.1, -0.05) is 48.5 Å². The molecule has 0 spiro atoms. The summed E-state index contributed by atoms with van der Waals surface area (Å²) in [7, 11) is 0. The average Bonchev–Trinajstić information content (AvgIpc) is 2.65. The number of aromatic nitrogens is 1. The minimum absolute atomic E-state index is 0.186. The first-order chi connectivity index (χ1) is 12.1. The van der Waals surface area contributed by atoms with E-state index in [4.69, 9.17) is 4.74 Å². The van der Waals surface area contributed by atoms with Gasteiger partial charge in [-0.25, -0.2) is 9.78 Å². The summed E-state index contributed by atoms with van der Waals surface area (Å²) >= 11 is 0. The van der Waals surface area contributed by atoms with Crippen molar-refractivity contribution in [2.24, 2.45) is 0 Å². The molecule has 126 valence electrons. The minimum atomic E-state index is -0.614. The first kappa shape index (κ1) is 16.6. The van der Waals surface area contributed by atoms with Crippen molar-refractivity contribution in [2.75, 3.05) is 6.61 Å². The van der Waals surface area contributed by atoms with Gasteiger partial charge in [0, 0.05) is 11.9 Å². The third-order valence-corrected chi connectivity index (χ3v) is 3.88. The molecule has 0 radical (unpaired) electrons. The van der Waals surface area contributed by atoms with Crippen molar-refractivity contribution in [1.29, 1.82) is 0 Å². The number of fused-ring (bicyclic) bond motifs is 1. The number of nitrogens with one attached hydrogen (secondary N) is 1. The van der Waals surface area contributed by atoms with Crippen LogP contribution in [0.3, 0.4) is 0 Å². The van der Waals surface area contributed by atoms with E-state index in [9.17, 15) is 9.59 Å². The van der Waals surface area contributed by atoms with Crippen molar-refractivity contribution in [2.45, 2.75) is 13.5 Å². The average molecular weight is 334 g/mol. The summed E-state index contributed by atoms with van der Waals surface area (Å²) in [6.45, 7) is 2.05. The summed E-state index contributed by atoms with van der Waals surface area (Å²) in [5.41, 5.74) is 3.02. The zero-order valence-electron chi connectivity index (χ0n) is 13.9. The van der Waals surface area contributed by atoms with Gasteiger partial charge in [0.2, 0.25) is 0 Å². The summed E-state index contributed by atoms with van der Waals surface area (Å²) in [5, 5.41) is 3.68. The highest BCUT2D eigenvalue weighted by Gasteiger charge is 2.12. The van der Waals surface area contributed by atoms with Gasteiger partial charge in [-0.05, 0) is 30.2 Å². The molecule has 25 heavy (non-hydrogen) atoms. The van der Waals surface area contributed by atoms with Gasteiger partial charge in [0.05, 0.1) is 5.52 Å². The number of hydrogen-bond acceptors (Lipinski definition) is 4. The topological polar surface area (TPSA) is 68.3 Å². The van der Waals surface area contributed by atoms with E-state index in [-0.39, 0.29) is 18.2 Å². The molecule has 0 atom stereocenters. The SMILES string of the molecule is Cc1ccccc1CNC(=O)COC(=O)c1ccc2ccccc2n1. The molecule has 0 aliphatic carbocycles. The summed E-state index contributed by atoms with van der Waals surface area (Å²) in [5.74, 6) is -0.964. The highest BCUT2D eigenvalue weighted by Crippen LogP contribution is 2.12. The quantitative estimate of drug-likeness (QED) is 0.728. The van der Waals surface area contributed by atoms with E-state index in [1.54, 1.807) is 12.1 Å². The second-order valence-corrected chi connectivity index (χ2v) is 5.67. The molecule has 0 bridgehead atoms. The first-order valence-electron chi connectivity index (χ1n) is 7.97. The van der Waals surface area contributed by atoms with Gasteiger partial charge in [-0.15, -0.1) is 0 Å². The maximum Gasteiger partial charge on any atom is 0.357 e. The van der Waals surface area contributed by atoms with Gasteiger partial charge in [0.15, 0.2) is 6.61 Å². The molecule has 1 aromatic heterocycles. The lowest BCUT2D eigenvalue weighted by Crippen LogP contribution is -2.28. The Labute approximate surface area is 145 Å². The van der Waals surface area contributed by atoms with Crippen LogP contribution in [0.1, 0.15) is 21.6 Å². The maximum absolute atomic E-state index is 12.1. The lowest BCUT2D eigenvalue weighted by Gasteiger charge is -2.08. The van der Waals surface area contributed by atoms with Gasteiger partial charge >= 0.3 is 5.97 Å². The standard InChI is InChI=1S/C20H18N2O3/c1-14-6-2-3-8-16(14)12-21-19(23)13-25-20(24)18-11-10-15-7-4-5-9-17(15)22-18/h2-11H,12-13H2,1H3,(H,21,23). The Morgan fingerprint density at radius 1 is 1.00 bits per heavy atom. The molecule has 1 amide bonds. The van der Waals surface area contributed by atoms with Crippen molar-refractivity contribution in [1.82, 2.24) is 10.3 Å². The van der Waals surface area contributed by atoms with Gasteiger partial charge in [-0.2, -0.15) is 0 Å². The minimum Gasteiger partial charge on any atom is -0.451 e. The van der Waals surface area contributed by atoms with Crippen molar-refractivity contribution in [3.8, 4) is 0 Å². The number of rotatable bonds is 5. The van der Waals surface area contributed by atoms with Gasteiger partial charge in [0.25, 0.3) is 5.91 Å². The van der Waals surface area contributed by atoms with Crippen LogP contribution in [0.5, 0.6) is 0 Å². The van der Waals surface area contributed by atoms with Gasteiger partial charge in [-0.3, -0.25) is 4.79 Å². The molecule has 0 saturated carbocycles. The van der Waals surface area contributed by atoms with E-state index in [0.29, 0.717) is 12.1 Å². The fourth-order valence-electron chi connectivity index (χ4n) is 2.44. The smallest absolute Gasteiger partial charge is 0.357 e. The second kappa shape index (κ2) is 7.57. The van der Waals surface area contributed by atoms with Crippen molar-refractivity contribution in [3.05, 3.63) is 77.5 Å². The second-order valence-electron chi connectivity index (χ2n) is 5.67. The molecule has 3 aromatic rings. The Bertz CT molecular complexity index is 921. The lowest BCUT2D eigenvalue weighted by molar-refractivity contribution is -0.124. The van der Waals surface area contributed by atoms with Gasteiger partial charge < -0.3 is 10.1 Å². The normalized spacial score (nSPS) is 10.4. The van der Waals surface area contributed by atoms with Crippen LogP contribution in [-0.4, -0.2) is 23.5 Å². The molecule has 1 heterocycles. The molecule has 2 aromatic carbocycles. The van der Waals surface area contributed by atoms with Crippen LogP contribution in [0.25, 0.3) is 10.9 Å². The van der Waals surface area contributed by atoms with E-state index < -0.39 is 5.97 Å². The van der Waals surface area contributed by atoms with Crippen molar-refractivity contribution >= 4 is 22.8 Å². The number of carbonyl (C=O) groups is 2. The Kier molecular flexibility index (Phi) is 5.04. The molecule has 5 nitrogen and oxygen atoms in total. The van der Waals surface area contributed by atoms with E-state index >= 15 is 0 Å². The number of benzene rings is 2. The van der Waals surface area contributed by atoms with Crippen LogP contribution >= 0.6 is 0 Å². The zero-order valence-corrected chi connectivity index (χ0v) is 13.9. The third kappa shape index (κ3) is 4.20. The number of carbonyl (C=O) groups excluding carboxylic acids is 2. The number of hydrogen-bond donors (Lipinski definition) is 1. The number of aryl methyl sites for hydroxylation is 1. The summed E-state index contributed by atoms with van der Waals surface area (Å²) in [6.07, 6.45) is 0. The summed E-state index contributed by atoms with van der Waals surface area (Å²) in [4.78, 5) is 28.2. The molecule has 0 aliphatic rings. The molecule has 5 heteroatoms. The van der Waals surface area contributed by atoms with Crippen LogP contribution in [0, 0.1) is 6.92 Å². The molecule has 3 rings (SSSR count). The molecule has 0 unspecified atom stereocenters. The molecule has 0 saturated heterocycles. The molecule has 1 N–H and O–H groups in total. The van der Waals surface area contributed by atoms with E-state index in [1.807, 2.05) is 55.5 Å². The zero-order chi connectivity index (χ0) is 17.6. The molecular weight excluding hydrogens is 316 g/mol. The predicted octanol–water partition coefficient (Wildman–Crippen LogP) is 3.02. The fourth-order valence-corrected chi connectivity index (χ4v) is 2.44. The van der Waals surface area contributed by atoms with Crippen LogP contribution in [0.2, 0.25) is 0 Å². The Hall–Kier alpha value is -3.21. The maximum atomic E-state index is 12.1. The predicted molar refractivity (Wildman–Crippen MR) is 95.1 cm³/mol. The largest absolute Gasteiger partial charge is 0.451 e. The number of esters is 1. The fraction of sp³-hybridized carbons (Fsp3) is 0.150. The number of ether oxygens (including phenoxy) is 1. The highest BCUT2D eigenvalue weighted by molar-refractivity contribution is 5.92. The number of amides is 1. The van der Waals surface area contributed by atoms with Gasteiger partial charge in [0.1, 0.15) is 5.69 Å². The highest BCUT2D eigenvalue weighted by atomic mass is 16.5. The van der Waals surface area contributed by atoms with Crippen molar-refractivity contribution in [3.63, 3.8) is 0 Å². The Balaban J connectivity index is 1.54. The summed E-state index contributed by atoms with van der Waals surface area (Å²) < 4.78 is 5.04. The third-order valence-electron chi connectivity index (χ3n) is 3.88. The molecule has 0 aliphatic heterocycles. The number of pyridine rings is 1. The van der Waals surface area contributed by atoms with Crippen LogP contribution in [-0.2, 0) is 16.1 Å². The van der Waals surface area contributed by atoms with E-state index in [1.165, 1.54) is 0 Å². The summed E-state index contributed by atoms with van der Waals surface area (Å²) in [6, 6.07) is 18.7.